The van der Waals surface area contributed by atoms with Crippen molar-refractivity contribution in [2.45, 2.75) is 33.1 Å². The molecular formula is C31H37N7O2S. The number of nitrogens with zero attached hydrogens (tertiary/aromatic N) is 5. The van der Waals surface area contributed by atoms with E-state index in [1.165, 1.54) is 5.69 Å². The average molecular weight is 572 g/mol. The van der Waals surface area contributed by atoms with E-state index in [2.05, 4.69) is 54.0 Å². The smallest absolute Gasteiger partial charge is 0.236 e. The van der Waals surface area contributed by atoms with Crippen LogP contribution in [0.5, 0.6) is 0 Å². The van der Waals surface area contributed by atoms with E-state index in [4.69, 9.17) is 0 Å². The molecule has 0 saturated carbocycles. The Bertz CT molecular complexity index is 1530. The van der Waals surface area contributed by atoms with Crippen LogP contribution in [0.25, 0.3) is 22.2 Å². The predicted octanol–water partition coefficient (Wildman–Crippen LogP) is 4.77. The highest BCUT2D eigenvalue weighted by Gasteiger charge is 2.44. The van der Waals surface area contributed by atoms with Crippen LogP contribution in [0.2, 0.25) is 0 Å². The third-order valence-corrected chi connectivity index (χ3v) is 9.17. The van der Waals surface area contributed by atoms with Crippen LogP contribution in [0, 0.1) is 12.3 Å². The van der Waals surface area contributed by atoms with Crippen LogP contribution in [0.15, 0.2) is 53.4 Å². The maximum Gasteiger partial charge on any atom is 0.236 e. The number of hydrogen-bond acceptors (Lipinski definition) is 7. The number of fused-ring (bicyclic) bond motifs is 1. The summed E-state index contributed by atoms with van der Waals surface area (Å²) in [5.74, 6) is 0.190. The van der Waals surface area contributed by atoms with Crippen LogP contribution in [0.4, 0.5) is 11.4 Å². The first-order chi connectivity index (χ1) is 19.9. The second-order valence-corrected chi connectivity index (χ2v) is 12.1. The van der Waals surface area contributed by atoms with E-state index in [1.54, 1.807) is 17.5 Å². The Balaban J connectivity index is 1.11. The number of anilines is 2. The standard InChI is InChI=1S/C31H37N7O2S/c1-3-8-31(9-11-36(21-31)19-28(39)38-14-12-37(13-15-38)25-7-16-41-20-25)30(40)33-24-4-5-27-26(18-24)29(35-34-27)23-6-10-32-22(2)17-23/h4-7,10,16-18,20H,3,8-9,11-15,19,21H2,1-2H3,(H,33,40)(H,34,35). The number of H-pyrrole nitrogens is 1. The average Bonchev–Trinajstić information content (AvgIpc) is 3.74. The molecule has 0 aliphatic carbocycles. The zero-order valence-corrected chi connectivity index (χ0v) is 24.5. The third-order valence-electron chi connectivity index (χ3n) is 8.50. The number of pyridine rings is 1. The van der Waals surface area contributed by atoms with Gasteiger partial charge in [0.15, 0.2) is 0 Å². The molecule has 0 spiro atoms. The van der Waals surface area contributed by atoms with E-state index in [0.29, 0.717) is 13.1 Å². The second kappa shape index (κ2) is 11.6. The molecule has 0 bridgehead atoms. The molecule has 214 valence electrons. The summed E-state index contributed by atoms with van der Waals surface area (Å²) in [6, 6.07) is 12.0. The van der Waals surface area contributed by atoms with E-state index < -0.39 is 5.41 Å². The molecule has 9 nitrogen and oxygen atoms in total. The Morgan fingerprint density at radius 2 is 1.95 bits per heavy atom. The van der Waals surface area contributed by atoms with Gasteiger partial charge in [0, 0.05) is 72.3 Å². The van der Waals surface area contributed by atoms with Crippen molar-refractivity contribution in [1.29, 1.82) is 0 Å². The zero-order chi connectivity index (χ0) is 28.4. The summed E-state index contributed by atoms with van der Waals surface area (Å²) in [5, 5.41) is 16.1. The van der Waals surface area contributed by atoms with Gasteiger partial charge in [-0.3, -0.25) is 24.6 Å². The molecule has 2 fully saturated rings. The number of nitrogens with one attached hydrogen (secondary N) is 2. The first-order valence-corrected chi connectivity index (χ1v) is 15.4. The van der Waals surface area contributed by atoms with E-state index in [9.17, 15) is 9.59 Å². The van der Waals surface area contributed by atoms with Gasteiger partial charge >= 0.3 is 0 Å². The van der Waals surface area contributed by atoms with Gasteiger partial charge in [0.25, 0.3) is 0 Å². The molecule has 3 aromatic heterocycles. The number of carbonyl (C=O) groups excluding carboxylic acids is 2. The minimum atomic E-state index is -0.511. The molecular weight excluding hydrogens is 534 g/mol. The largest absolute Gasteiger partial charge is 0.367 e. The summed E-state index contributed by atoms with van der Waals surface area (Å²) in [5.41, 5.74) is 5.15. The molecule has 6 rings (SSSR count). The fraction of sp³-hybridized carbons (Fsp3) is 0.419. The van der Waals surface area contributed by atoms with Crippen LogP contribution < -0.4 is 10.2 Å². The number of piperazine rings is 1. The number of benzene rings is 1. The van der Waals surface area contributed by atoms with E-state index in [-0.39, 0.29) is 11.8 Å². The predicted molar refractivity (Wildman–Crippen MR) is 164 cm³/mol. The number of likely N-dealkylation sites (tertiary alicyclic amines) is 1. The number of aromatic amines is 1. The molecule has 4 aromatic rings. The van der Waals surface area contributed by atoms with Gasteiger partial charge in [-0.05, 0) is 68.1 Å². The first kappa shape index (κ1) is 27.4. The molecule has 1 aromatic carbocycles. The highest BCUT2D eigenvalue weighted by atomic mass is 32.1. The van der Waals surface area contributed by atoms with Gasteiger partial charge in [0.05, 0.1) is 17.5 Å². The van der Waals surface area contributed by atoms with Crippen LogP contribution >= 0.6 is 11.3 Å². The maximum absolute atomic E-state index is 13.8. The monoisotopic (exact) mass is 571 g/mol. The zero-order valence-electron chi connectivity index (χ0n) is 23.7. The topological polar surface area (TPSA) is 97.5 Å². The van der Waals surface area contributed by atoms with Gasteiger partial charge in [-0.15, -0.1) is 0 Å². The van der Waals surface area contributed by atoms with Crippen LogP contribution in [-0.2, 0) is 9.59 Å². The lowest BCUT2D eigenvalue weighted by molar-refractivity contribution is -0.133. The fourth-order valence-corrected chi connectivity index (χ4v) is 6.95. The van der Waals surface area contributed by atoms with Gasteiger partial charge in [-0.25, -0.2) is 0 Å². The van der Waals surface area contributed by atoms with Crippen LogP contribution in [0.3, 0.4) is 0 Å². The maximum atomic E-state index is 13.8. The van der Waals surface area contributed by atoms with Gasteiger partial charge in [-0.1, -0.05) is 13.3 Å². The lowest BCUT2D eigenvalue weighted by Crippen LogP contribution is -2.51. The molecule has 2 aliphatic rings. The van der Waals surface area contributed by atoms with E-state index in [0.717, 1.165) is 85.5 Å². The first-order valence-electron chi connectivity index (χ1n) is 14.4. The van der Waals surface area contributed by atoms with Crippen molar-refractivity contribution in [3.63, 3.8) is 0 Å². The Kier molecular flexibility index (Phi) is 7.77. The lowest BCUT2D eigenvalue weighted by Gasteiger charge is -2.36. The Morgan fingerprint density at radius 3 is 2.71 bits per heavy atom. The molecule has 10 heteroatoms. The normalized spacial score (nSPS) is 19.7. The molecule has 2 amide bonds. The van der Waals surface area contributed by atoms with Crippen molar-refractivity contribution in [3.8, 4) is 11.3 Å². The number of thiophene rings is 1. The molecule has 41 heavy (non-hydrogen) atoms. The minimum Gasteiger partial charge on any atom is -0.367 e. The molecule has 0 radical (unpaired) electrons. The van der Waals surface area contributed by atoms with Crippen molar-refractivity contribution in [1.82, 2.24) is 25.0 Å². The number of carbonyl (C=O) groups is 2. The van der Waals surface area contributed by atoms with Gasteiger partial charge in [0.2, 0.25) is 11.8 Å². The number of amides is 2. The highest BCUT2D eigenvalue weighted by Crippen LogP contribution is 2.37. The molecule has 2 saturated heterocycles. The van der Waals surface area contributed by atoms with Gasteiger partial charge < -0.3 is 15.1 Å². The van der Waals surface area contributed by atoms with E-state index >= 15 is 0 Å². The second-order valence-electron chi connectivity index (χ2n) is 11.3. The number of rotatable bonds is 8. The fourth-order valence-electron chi connectivity index (χ4n) is 6.29. The van der Waals surface area contributed by atoms with Crippen molar-refractivity contribution in [2.75, 3.05) is 56.0 Å². The Hall–Kier alpha value is -3.76. The Labute approximate surface area is 244 Å². The number of hydrogen-bond donors (Lipinski definition) is 2. The minimum absolute atomic E-state index is 0.0304. The van der Waals surface area contributed by atoms with Crippen molar-refractivity contribution < 1.29 is 9.59 Å². The van der Waals surface area contributed by atoms with Crippen LogP contribution in [0.1, 0.15) is 31.9 Å². The molecule has 2 aliphatic heterocycles. The summed E-state index contributed by atoms with van der Waals surface area (Å²) in [6.07, 6.45) is 4.23. The number of aryl methyl sites for hydroxylation is 1. The summed E-state index contributed by atoms with van der Waals surface area (Å²) < 4.78 is 0. The lowest BCUT2D eigenvalue weighted by atomic mass is 9.81. The number of aromatic nitrogens is 3. The molecule has 1 atom stereocenters. The SMILES string of the molecule is CCCC1(C(=O)Nc2ccc3[nH]nc(-c4ccnc(C)c4)c3c2)CCN(CC(=O)N2CCN(c3ccsc3)CC2)C1. The van der Waals surface area contributed by atoms with Crippen molar-refractivity contribution >= 4 is 45.4 Å². The van der Waals surface area contributed by atoms with Crippen LogP contribution in [-0.4, -0.2) is 82.6 Å². The summed E-state index contributed by atoms with van der Waals surface area (Å²) in [4.78, 5) is 37.8. The molecule has 5 heterocycles. The molecule has 1 unspecified atom stereocenters. The Morgan fingerprint density at radius 1 is 1.10 bits per heavy atom. The van der Waals surface area contributed by atoms with Gasteiger partial charge in [-0.2, -0.15) is 16.4 Å². The molecule has 2 N–H and O–H groups in total. The quantitative estimate of drug-likeness (QED) is 0.316. The van der Waals surface area contributed by atoms with Crippen molar-refractivity contribution in [3.05, 3.63) is 59.0 Å². The summed E-state index contributed by atoms with van der Waals surface area (Å²) >= 11 is 1.70. The van der Waals surface area contributed by atoms with Crippen molar-refractivity contribution in [2.24, 2.45) is 5.41 Å². The van der Waals surface area contributed by atoms with E-state index in [1.807, 2.05) is 42.2 Å². The summed E-state index contributed by atoms with van der Waals surface area (Å²) in [6.45, 7) is 8.98. The van der Waals surface area contributed by atoms with Gasteiger partial charge in [0.1, 0.15) is 5.69 Å². The highest BCUT2D eigenvalue weighted by molar-refractivity contribution is 7.08. The summed E-state index contributed by atoms with van der Waals surface area (Å²) in [7, 11) is 0. The third kappa shape index (κ3) is 5.71.